The number of carbonyl (C=O) groups is 1. The highest BCUT2D eigenvalue weighted by Crippen LogP contribution is 2.36. The maximum atomic E-state index is 12.7. The van der Waals surface area contributed by atoms with E-state index in [4.69, 9.17) is 0 Å². The molecule has 21 heavy (non-hydrogen) atoms. The molecule has 105 valence electrons. The maximum absolute atomic E-state index is 12.7. The first-order chi connectivity index (χ1) is 10.2. The van der Waals surface area contributed by atoms with Crippen LogP contribution < -0.4 is 15.3 Å². The molecule has 0 saturated carbocycles. The Bertz CT molecular complexity index is 704. The lowest BCUT2D eigenvalue weighted by Crippen LogP contribution is -2.27. The smallest absolute Gasteiger partial charge is 0.261 e. The molecule has 1 radical (unpaired) electrons. The number of rotatable bonds is 2. The van der Waals surface area contributed by atoms with Crippen molar-refractivity contribution in [1.29, 1.82) is 0 Å². The molecule has 1 amide bonds. The van der Waals surface area contributed by atoms with Crippen molar-refractivity contribution in [2.24, 2.45) is 0 Å². The third-order valence-electron chi connectivity index (χ3n) is 3.71. The third kappa shape index (κ3) is 2.07. The molecule has 0 spiro atoms. The van der Waals surface area contributed by atoms with Crippen LogP contribution in [0.25, 0.3) is 0 Å². The van der Waals surface area contributed by atoms with E-state index in [-0.39, 0.29) is 5.91 Å². The first kappa shape index (κ1) is 13.6. The van der Waals surface area contributed by atoms with E-state index in [1.54, 1.807) is 24.3 Å². The molecule has 0 aliphatic carbocycles. The topological polar surface area (TPSA) is 49.3 Å². The molecule has 2 aromatic rings. The molecule has 0 saturated heterocycles. The van der Waals surface area contributed by atoms with Gasteiger partial charge >= 0.3 is 0 Å². The molecule has 5 nitrogen and oxygen atoms in total. The molecular weight excluding hydrogens is 263 g/mol. The third-order valence-corrected chi connectivity index (χ3v) is 3.71. The van der Waals surface area contributed by atoms with Gasteiger partial charge in [0.15, 0.2) is 5.82 Å². The summed E-state index contributed by atoms with van der Waals surface area (Å²) in [6, 6.07) is 5.63. The van der Waals surface area contributed by atoms with Crippen LogP contribution in [0.15, 0.2) is 30.6 Å². The molecule has 1 aliphatic rings. The number of hydrogen-bond acceptors (Lipinski definition) is 4. The number of aromatic nitrogens is 2. The maximum Gasteiger partial charge on any atom is 0.261 e. The van der Waals surface area contributed by atoms with E-state index in [2.05, 4.69) is 9.97 Å². The van der Waals surface area contributed by atoms with Gasteiger partial charge in [-0.15, -0.1) is 0 Å². The predicted octanol–water partition coefficient (Wildman–Crippen LogP) is 1.60. The molecule has 0 atom stereocenters. The van der Waals surface area contributed by atoms with Gasteiger partial charge in [-0.2, -0.15) is 0 Å². The Labute approximate surface area is 124 Å². The van der Waals surface area contributed by atoms with Crippen molar-refractivity contribution in [2.45, 2.75) is 13.7 Å². The molecular formula is C15H16BN4O. The summed E-state index contributed by atoms with van der Waals surface area (Å²) in [5.74, 6) is 1.36. The fourth-order valence-corrected chi connectivity index (χ4v) is 2.55. The SMILES string of the molecule is C[B]c1cnc2c(c1)C(=O)N(C)c1cccnc1N2CC. The summed E-state index contributed by atoms with van der Waals surface area (Å²) in [5.41, 5.74) is 2.34. The van der Waals surface area contributed by atoms with Crippen molar-refractivity contribution in [3.63, 3.8) is 0 Å². The zero-order valence-electron chi connectivity index (χ0n) is 12.4. The van der Waals surface area contributed by atoms with Gasteiger partial charge in [0.05, 0.1) is 11.3 Å². The van der Waals surface area contributed by atoms with Gasteiger partial charge in [0.1, 0.15) is 13.1 Å². The van der Waals surface area contributed by atoms with Gasteiger partial charge in [-0.1, -0.05) is 18.4 Å². The number of pyridine rings is 2. The second kappa shape index (κ2) is 5.20. The summed E-state index contributed by atoms with van der Waals surface area (Å²) in [7, 11) is 3.71. The zero-order chi connectivity index (χ0) is 15.0. The summed E-state index contributed by atoms with van der Waals surface area (Å²) in [6.45, 7) is 4.65. The van der Waals surface area contributed by atoms with Crippen molar-refractivity contribution in [3.05, 3.63) is 36.2 Å². The quantitative estimate of drug-likeness (QED) is 0.783. The van der Waals surface area contributed by atoms with Crippen LogP contribution in [0.1, 0.15) is 17.3 Å². The molecule has 0 N–H and O–H groups in total. The zero-order valence-corrected chi connectivity index (χ0v) is 12.4. The summed E-state index contributed by atoms with van der Waals surface area (Å²) in [6.07, 6.45) is 3.52. The van der Waals surface area contributed by atoms with Gasteiger partial charge in [0, 0.05) is 26.0 Å². The molecule has 6 heteroatoms. The van der Waals surface area contributed by atoms with Crippen molar-refractivity contribution < 1.29 is 4.79 Å². The normalized spacial score (nSPS) is 13.6. The average Bonchev–Trinajstić information content (AvgIpc) is 2.62. The Morgan fingerprint density at radius 3 is 2.81 bits per heavy atom. The van der Waals surface area contributed by atoms with Gasteiger partial charge in [-0.3, -0.25) is 4.79 Å². The minimum atomic E-state index is -0.0635. The second-order valence-corrected chi connectivity index (χ2v) is 4.88. The van der Waals surface area contributed by atoms with E-state index in [0.717, 1.165) is 17.0 Å². The van der Waals surface area contributed by atoms with Gasteiger partial charge in [-0.25, -0.2) is 9.97 Å². The van der Waals surface area contributed by atoms with Crippen LogP contribution in [0.3, 0.4) is 0 Å². The molecule has 3 rings (SSSR count). The number of nitrogens with zero attached hydrogens (tertiary/aromatic N) is 4. The van der Waals surface area contributed by atoms with Crippen LogP contribution in [0, 0.1) is 0 Å². The van der Waals surface area contributed by atoms with Crippen LogP contribution in [-0.4, -0.2) is 36.7 Å². The molecule has 1 aliphatic heterocycles. The number of fused-ring (bicyclic) bond motifs is 2. The highest BCUT2D eigenvalue weighted by atomic mass is 16.2. The lowest BCUT2D eigenvalue weighted by atomic mass is 9.74. The predicted molar refractivity (Wildman–Crippen MR) is 85.1 cm³/mol. The van der Waals surface area contributed by atoms with E-state index in [1.165, 1.54) is 0 Å². The highest BCUT2D eigenvalue weighted by molar-refractivity contribution is 6.52. The van der Waals surface area contributed by atoms with E-state index in [0.29, 0.717) is 17.9 Å². The molecule has 0 unspecified atom stereocenters. The first-order valence-corrected chi connectivity index (χ1v) is 6.97. The van der Waals surface area contributed by atoms with Crippen molar-refractivity contribution in [3.8, 4) is 0 Å². The van der Waals surface area contributed by atoms with Crippen molar-refractivity contribution in [2.75, 3.05) is 23.4 Å². The molecule has 0 fully saturated rings. The monoisotopic (exact) mass is 279 g/mol. The second-order valence-electron chi connectivity index (χ2n) is 4.88. The Morgan fingerprint density at radius 1 is 1.29 bits per heavy atom. The average molecular weight is 279 g/mol. The molecule has 2 aromatic heterocycles. The van der Waals surface area contributed by atoms with Crippen LogP contribution in [0.5, 0.6) is 0 Å². The minimum absolute atomic E-state index is 0.0635. The number of anilines is 3. The van der Waals surface area contributed by atoms with E-state index < -0.39 is 0 Å². The number of carbonyl (C=O) groups excluding carboxylic acids is 1. The summed E-state index contributed by atoms with van der Waals surface area (Å²) >= 11 is 0. The van der Waals surface area contributed by atoms with Crippen LogP contribution in [0.4, 0.5) is 17.3 Å². The lowest BCUT2D eigenvalue weighted by Gasteiger charge is -2.22. The number of hydrogen-bond donors (Lipinski definition) is 0. The summed E-state index contributed by atoms with van der Waals surface area (Å²) in [5, 5.41) is 0. The standard InChI is InChI=1S/C15H16BN4O/c1-4-20-13-11(8-10(16-2)9-18-13)15(21)19(3)12-6-5-7-17-14(12)20/h5-9H,4H2,1-3H3. The molecule has 3 heterocycles. The van der Waals surface area contributed by atoms with E-state index >= 15 is 0 Å². The Kier molecular flexibility index (Phi) is 3.37. The summed E-state index contributed by atoms with van der Waals surface area (Å²) < 4.78 is 0. The van der Waals surface area contributed by atoms with Crippen LogP contribution in [-0.2, 0) is 0 Å². The van der Waals surface area contributed by atoms with Crippen LogP contribution in [0.2, 0.25) is 6.82 Å². The van der Waals surface area contributed by atoms with Crippen molar-refractivity contribution >= 4 is 36.0 Å². The minimum Gasteiger partial charge on any atom is -0.309 e. The highest BCUT2D eigenvalue weighted by Gasteiger charge is 2.30. The Hall–Kier alpha value is -2.37. The van der Waals surface area contributed by atoms with Gasteiger partial charge < -0.3 is 9.80 Å². The van der Waals surface area contributed by atoms with Gasteiger partial charge in [-0.05, 0) is 19.1 Å². The lowest BCUT2D eigenvalue weighted by molar-refractivity contribution is 0.0994. The Morgan fingerprint density at radius 2 is 2.10 bits per heavy atom. The molecule has 0 bridgehead atoms. The molecule has 0 aromatic carbocycles. The van der Waals surface area contributed by atoms with E-state index in [1.807, 2.05) is 44.1 Å². The Balaban J connectivity index is 2.28. The summed E-state index contributed by atoms with van der Waals surface area (Å²) in [4.78, 5) is 25.3. The fraction of sp³-hybridized carbons (Fsp3) is 0.267. The van der Waals surface area contributed by atoms with Crippen LogP contribution >= 0.6 is 0 Å². The first-order valence-electron chi connectivity index (χ1n) is 6.97. The fourth-order valence-electron chi connectivity index (χ4n) is 2.55. The largest absolute Gasteiger partial charge is 0.309 e. The number of amides is 1. The van der Waals surface area contributed by atoms with E-state index in [9.17, 15) is 4.79 Å². The van der Waals surface area contributed by atoms with Gasteiger partial charge in [0.25, 0.3) is 5.91 Å². The van der Waals surface area contributed by atoms with Crippen molar-refractivity contribution in [1.82, 2.24) is 9.97 Å². The van der Waals surface area contributed by atoms with Gasteiger partial charge in [0.2, 0.25) is 0 Å².